The van der Waals surface area contributed by atoms with E-state index in [0.717, 1.165) is 15.0 Å². The number of benzene rings is 2. The number of nitrogens with one attached hydrogen (secondary N) is 2. The number of phenols is 1. The molecule has 0 aromatic heterocycles. The minimum Gasteiger partial charge on any atom is -0.508 e. The maximum absolute atomic E-state index is 13.5. The van der Waals surface area contributed by atoms with Gasteiger partial charge in [-0.1, -0.05) is 12.1 Å². The zero-order valence-electron chi connectivity index (χ0n) is 19.6. The third-order valence-corrected chi connectivity index (χ3v) is 6.18. The molecule has 13 heteroatoms. The zero-order valence-corrected chi connectivity index (χ0v) is 19.6. The van der Waals surface area contributed by atoms with Crippen LogP contribution >= 0.6 is 0 Å². The molecule has 2 fully saturated rings. The number of aldehydes is 1. The number of hydrogen-bond donors (Lipinski definition) is 4. The van der Waals surface area contributed by atoms with Crippen LogP contribution in [0.3, 0.4) is 0 Å². The molecule has 0 radical (unpaired) electrons. The number of carboxylic acids is 1. The van der Waals surface area contributed by atoms with Crippen molar-refractivity contribution >= 4 is 46.8 Å². The fraction of sp³-hybridized carbons (Fsp3) is 0.333. The molecule has 0 bridgehead atoms. The van der Waals surface area contributed by atoms with Crippen LogP contribution in [0.4, 0.5) is 4.79 Å². The average molecular weight is 511 g/mol. The number of aromatic hydroxyl groups is 1. The summed E-state index contributed by atoms with van der Waals surface area (Å²) in [5, 5.41) is 25.3. The molecule has 4 N–H and O–H groups in total. The minimum atomic E-state index is -1.30. The third kappa shape index (κ3) is 5.44. The lowest BCUT2D eigenvalue weighted by Gasteiger charge is -2.42. The molecule has 2 unspecified atom stereocenters. The van der Waals surface area contributed by atoms with Crippen molar-refractivity contribution in [3.63, 3.8) is 0 Å². The zero-order chi connectivity index (χ0) is 26.7. The van der Waals surface area contributed by atoms with E-state index in [-0.39, 0.29) is 37.2 Å². The van der Waals surface area contributed by atoms with Gasteiger partial charge in [-0.15, -0.1) is 0 Å². The van der Waals surface area contributed by atoms with E-state index in [0.29, 0.717) is 23.5 Å². The van der Waals surface area contributed by atoms with E-state index >= 15 is 0 Å². The van der Waals surface area contributed by atoms with Gasteiger partial charge in [0.2, 0.25) is 11.8 Å². The summed E-state index contributed by atoms with van der Waals surface area (Å²) in [6.45, 7) is 0.0437. The predicted octanol–water partition coefficient (Wildman–Crippen LogP) is 0.382. The van der Waals surface area contributed by atoms with Gasteiger partial charge >= 0.3 is 12.0 Å². The second kappa shape index (κ2) is 10.5. The minimum absolute atomic E-state index is 0.0802. The van der Waals surface area contributed by atoms with E-state index in [1.54, 1.807) is 24.3 Å². The molecule has 2 heterocycles. The van der Waals surface area contributed by atoms with Crippen LogP contribution in [0.1, 0.15) is 36.0 Å². The van der Waals surface area contributed by atoms with Crippen LogP contribution in [0, 0.1) is 0 Å². The SMILES string of the molecule is O=CC(CC(=O)O)NC(=O)C1CCCN2C(=O)CCN(NC(=O)c3ccc4cc(O)ccc4c3)C(=O)N12. The van der Waals surface area contributed by atoms with Crippen molar-refractivity contribution in [1.82, 2.24) is 25.8 Å². The number of hydrazine groups is 2. The van der Waals surface area contributed by atoms with Gasteiger partial charge in [-0.2, -0.15) is 0 Å². The summed E-state index contributed by atoms with van der Waals surface area (Å²) >= 11 is 0. The lowest BCUT2D eigenvalue weighted by atomic mass is 10.1. The number of phenolic OH excluding ortho intramolecular Hbond substituents is 1. The summed E-state index contributed by atoms with van der Waals surface area (Å²) < 4.78 is 0. The Hall–Kier alpha value is -4.68. The Balaban J connectivity index is 1.54. The molecule has 0 spiro atoms. The monoisotopic (exact) mass is 511 g/mol. The Morgan fingerprint density at radius 1 is 1.08 bits per heavy atom. The third-order valence-electron chi connectivity index (χ3n) is 6.18. The molecule has 2 aliphatic rings. The fourth-order valence-electron chi connectivity index (χ4n) is 4.38. The van der Waals surface area contributed by atoms with Gasteiger partial charge < -0.3 is 20.3 Å². The Kier molecular flexibility index (Phi) is 7.22. The highest BCUT2D eigenvalue weighted by molar-refractivity contribution is 6.00. The largest absolute Gasteiger partial charge is 0.508 e. The van der Waals surface area contributed by atoms with Crippen LogP contribution in [0.5, 0.6) is 5.75 Å². The Bertz CT molecular complexity index is 1280. The molecular weight excluding hydrogens is 486 g/mol. The molecule has 0 saturated carbocycles. The molecule has 2 aromatic carbocycles. The number of carbonyl (C=O) groups excluding carboxylic acids is 5. The second-order valence-corrected chi connectivity index (χ2v) is 8.74. The van der Waals surface area contributed by atoms with E-state index in [1.807, 2.05) is 0 Å². The van der Waals surface area contributed by atoms with Crippen molar-refractivity contribution in [2.45, 2.75) is 37.8 Å². The number of hydrogen-bond acceptors (Lipinski definition) is 7. The highest BCUT2D eigenvalue weighted by Crippen LogP contribution is 2.25. The smallest absolute Gasteiger partial charge is 0.358 e. The molecule has 5 amide bonds. The van der Waals surface area contributed by atoms with Crippen LogP contribution in [0.25, 0.3) is 10.8 Å². The number of urea groups is 1. The predicted molar refractivity (Wildman–Crippen MR) is 127 cm³/mol. The second-order valence-electron chi connectivity index (χ2n) is 8.74. The maximum Gasteiger partial charge on any atom is 0.358 e. The van der Waals surface area contributed by atoms with Crippen LogP contribution in [0.2, 0.25) is 0 Å². The Morgan fingerprint density at radius 3 is 2.54 bits per heavy atom. The first-order chi connectivity index (χ1) is 17.7. The van der Waals surface area contributed by atoms with E-state index in [4.69, 9.17) is 5.11 Å². The quantitative estimate of drug-likeness (QED) is 0.386. The van der Waals surface area contributed by atoms with Gasteiger partial charge in [0.15, 0.2) is 0 Å². The van der Waals surface area contributed by atoms with Crippen molar-refractivity contribution in [3.8, 4) is 5.75 Å². The number of fused-ring (bicyclic) bond motifs is 2. The average Bonchev–Trinajstić information content (AvgIpc) is 2.99. The highest BCUT2D eigenvalue weighted by atomic mass is 16.4. The van der Waals surface area contributed by atoms with Crippen LogP contribution in [0.15, 0.2) is 36.4 Å². The number of amides is 5. The summed E-state index contributed by atoms with van der Waals surface area (Å²) in [5.41, 5.74) is 2.73. The Morgan fingerprint density at radius 2 is 1.81 bits per heavy atom. The highest BCUT2D eigenvalue weighted by Gasteiger charge is 2.44. The van der Waals surface area contributed by atoms with E-state index in [9.17, 15) is 33.9 Å². The van der Waals surface area contributed by atoms with Gasteiger partial charge in [-0.05, 0) is 47.9 Å². The first-order valence-corrected chi connectivity index (χ1v) is 11.6. The first kappa shape index (κ1) is 25.4. The van der Waals surface area contributed by atoms with Gasteiger partial charge in [-0.25, -0.2) is 19.8 Å². The molecule has 2 saturated heterocycles. The number of nitrogens with zero attached hydrogens (tertiary/aromatic N) is 3. The summed E-state index contributed by atoms with van der Waals surface area (Å²) in [6.07, 6.45) is 0.117. The molecule has 4 rings (SSSR count). The van der Waals surface area contributed by atoms with Crippen molar-refractivity contribution in [1.29, 1.82) is 0 Å². The van der Waals surface area contributed by atoms with Crippen LogP contribution < -0.4 is 10.7 Å². The Labute approximate surface area is 210 Å². The molecule has 37 heavy (non-hydrogen) atoms. The maximum atomic E-state index is 13.5. The summed E-state index contributed by atoms with van der Waals surface area (Å²) in [4.78, 5) is 74.3. The number of carbonyl (C=O) groups is 6. The van der Waals surface area contributed by atoms with Gasteiger partial charge in [0, 0.05) is 18.5 Å². The van der Waals surface area contributed by atoms with Crippen molar-refractivity contribution in [3.05, 3.63) is 42.0 Å². The van der Waals surface area contributed by atoms with Crippen LogP contribution in [-0.4, -0.2) is 86.4 Å². The molecule has 13 nitrogen and oxygen atoms in total. The van der Waals surface area contributed by atoms with Crippen molar-refractivity contribution in [2.75, 3.05) is 13.1 Å². The molecule has 0 aliphatic carbocycles. The molecular formula is C24H25N5O8. The van der Waals surface area contributed by atoms with Gasteiger partial charge in [0.25, 0.3) is 5.91 Å². The lowest BCUT2D eigenvalue weighted by Crippen LogP contribution is -2.64. The number of aliphatic carboxylic acids is 1. The molecule has 194 valence electrons. The normalized spacial score (nSPS) is 18.6. The summed E-state index contributed by atoms with van der Waals surface area (Å²) in [6, 6.07) is 6.12. The molecule has 2 atom stereocenters. The van der Waals surface area contributed by atoms with Gasteiger partial charge in [-0.3, -0.25) is 24.6 Å². The molecule has 2 aliphatic heterocycles. The van der Waals surface area contributed by atoms with Gasteiger partial charge in [0.1, 0.15) is 18.1 Å². The van der Waals surface area contributed by atoms with Crippen molar-refractivity contribution in [2.24, 2.45) is 0 Å². The van der Waals surface area contributed by atoms with E-state index < -0.39 is 48.2 Å². The lowest BCUT2D eigenvalue weighted by molar-refractivity contribution is -0.155. The number of carboxylic acid groups (broad SMARTS) is 1. The van der Waals surface area contributed by atoms with Crippen LogP contribution in [-0.2, 0) is 19.2 Å². The van der Waals surface area contributed by atoms with E-state index in [2.05, 4.69) is 10.7 Å². The number of rotatable bonds is 7. The standard InChI is InChI=1S/C24H25N5O8/c30-13-17(12-21(33)34)25-23(36)19-2-1-8-28-20(32)7-9-27(24(37)29(19)28)26-22(35)16-4-3-15-11-18(31)6-5-14(15)10-16/h3-6,10-11,13,17,19,31H,1-2,7-9,12H2,(H,25,36)(H,26,35)(H,33,34). The van der Waals surface area contributed by atoms with Gasteiger partial charge in [0.05, 0.1) is 19.0 Å². The van der Waals surface area contributed by atoms with E-state index in [1.165, 1.54) is 12.1 Å². The summed E-state index contributed by atoms with van der Waals surface area (Å²) in [7, 11) is 0. The topological polar surface area (TPSA) is 177 Å². The first-order valence-electron chi connectivity index (χ1n) is 11.6. The fourth-order valence-corrected chi connectivity index (χ4v) is 4.38. The van der Waals surface area contributed by atoms with Crippen molar-refractivity contribution < 1.29 is 39.0 Å². The summed E-state index contributed by atoms with van der Waals surface area (Å²) in [5.74, 6) is -3.04. The molecule has 2 aromatic rings.